The monoisotopic (exact) mass is 233 g/mol. The van der Waals surface area contributed by atoms with Gasteiger partial charge in [0.25, 0.3) is 5.56 Å². The minimum Gasteiger partial charge on any atom is -0.296 e. The second kappa shape index (κ2) is 4.93. The topological polar surface area (TPSA) is 47.8 Å². The van der Waals surface area contributed by atoms with Gasteiger partial charge in [-0.3, -0.25) is 9.36 Å². The van der Waals surface area contributed by atoms with Gasteiger partial charge < -0.3 is 0 Å². The molecule has 2 heterocycles. The molecule has 76 valence electrons. The van der Waals surface area contributed by atoms with Crippen molar-refractivity contribution in [2.45, 2.75) is 0 Å². The zero-order chi connectivity index (χ0) is 8.55. The third-order valence-electron chi connectivity index (χ3n) is 1.77. The summed E-state index contributed by atoms with van der Waals surface area (Å²) in [5.74, 6) is 0. The lowest BCUT2D eigenvalue weighted by Gasteiger charge is -2.00. The van der Waals surface area contributed by atoms with Gasteiger partial charge in [-0.25, -0.2) is 9.97 Å². The van der Waals surface area contributed by atoms with E-state index in [-0.39, 0.29) is 30.4 Å². The van der Waals surface area contributed by atoms with E-state index in [1.807, 2.05) is 0 Å². The summed E-state index contributed by atoms with van der Waals surface area (Å²) in [6.07, 6.45) is 3.11. The van der Waals surface area contributed by atoms with Gasteiger partial charge >= 0.3 is 0 Å². The number of halogens is 2. The largest absolute Gasteiger partial charge is 0.296 e. The number of rotatable bonds is 0. The molecule has 0 fully saturated rings. The number of aromatic nitrogens is 3. The molecule has 0 spiro atoms. The Bertz CT molecular complexity index is 483. The zero-order valence-corrected chi connectivity index (χ0v) is 9.01. The Morgan fingerprint density at radius 2 is 2.00 bits per heavy atom. The first-order chi connectivity index (χ1) is 5.79. The summed E-state index contributed by atoms with van der Waals surface area (Å²) >= 11 is 0. The number of pyridine rings is 1. The molecule has 0 aliphatic carbocycles. The molecule has 2 aromatic heterocycles. The van der Waals surface area contributed by atoms with E-state index in [1.165, 1.54) is 17.0 Å². The molecule has 0 saturated heterocycles. The van der Waals surface area contributed by atoms with Gasteiger partial charge in [-0.05, 0) is 6.07 Å². The van der Waals surface area contributed by atoms with Gasteiger partial charge in [-0.2, -0.15) is 0 Å². The molecule has 2 rings (SSSR count). The summed E-state index contributed by atoms with van der Waals surface area (Å²) in [6, 6.07) is 3.23. The average molecular weight is 234 g/mol. The standard InChI is InChI=1S/C8H7N3O.2ClH/c1-11-7(12)3-2-6-4-9-5-10-8(6)11;;/h2-5H,1H3;2*1H. The Morgan fingerprint density at radius 1 is 1.29 bits per heavy atom. The molecule has 0 amide bonds. The Balaban J connectivity index is 0.000000845. The highest BCUT2D eigenvalue weighted by atomic mass is 35.5. The third kappa shape index (κ3) is 2.02. The molecule has 4 nitrogen and oxygen atoms in total. The molecule has 0 N–H and O–H groups in total. The number of fused-ring (bicyclic) bond motifs is 1. The van der Waals surface area contributed by atoms with Gasteiger partial charge in [0, 0.05) is 24.7 Å². The second-order valence-corrected chi connectivity index (χ2v) is 2.53. The first kappa shape index (κ1) is 12.9. The van der Waals surface area contributed by atoms with Crippen LogP contribution in [-0.4, -0.2) is 14.5 Å². The van der Waals surface area contributed by atoms with Gasteiger partial charge in [-0.15, -0.1) is 24.8 Å². The van der Waals surface area contributed by atoms with Crippen LogP contribution in [0.5, 0.6) is 0 Å². The fourth-order valence-electron chi connectivity index (χ4n) is 1.11. The number of aryl methyl sites for hydroxylation is 1. The fraction of sp³-hybridized carbons (Fsp3) is 0.125. The summed E-state index contributed by atoms with van der Waals surface area (Å²) < 4.78 is 1.50. The van der Waals surface area contributed by atoms with Crippen molar-refractivity contribution in [3.63, 3.8) is 0 Å². The van der Waals surface area contributed by atoms with Crippen LogP contribution in [0.15, 0.2) is 29.5 Å². The van der Waals surface area contributed by atoms with E-state index < -0.39 is 0 Å². The van der Waals surface area contributed by atoms with Crippen LogP contribution in [0.3, 0.4) is 0 Å². The maximum atomic E-state index is 11.1. The van der Waals surface area contributed by atoms with Crippen LogP contribution in [0.25, 0.3) is 11.0 Å². The van der Waals surface area contributed by atoms with Gasteiger partial charge in [0.2, 0.25) is 0 Å². The van der Waals surface area contributed by atoms with Crippen LogP contribution in [0, 0.1) is 0 Å². The fourth-order valence-corrected chi connectivity index (χ4v) is 1.11. The van der Waals surface area contributed by atoms with Gasteiger partial charge in [0.15, 0.2) is 0 Å². The van der Waals surface area contributed by atoms with Crippen molar-refractivity contribution in [2.24, 2.45) is 7.05 Å². The minimum absolute atomic E-state index is 0. The number of hydrogen-bond acceptors (Lipinski definition) is 3. The summed E-state index contributed by atoms with van der Waals surface area (Å²) in [5.41, 5.74) is 0.610. The molecule has 0 bridgehead atoms. The van der Waals surface area contributed by atoms with Crippen LogP contribution in [0.4, 0.5) is 0 Å². The Labute approximate surface area is 92.8 Å². The number of nitrogens with zero attached hydrogens (tertiary/aromatic N) is 3. The summed E-state index contributed by atoms with van der Waals surface area (Å²) in [5, 5.41) is 0.875. The first-order valence-electron chi connectivity index (χ1n) is 3.55. The molecule has 6 heteroatoms. The summed E-state index contributed by atoms with van der Waals surface area (Å²) in [4.78, 5) is 19.0. The molecule has 0 saturated carbocycles. The molecule has 0 unspecified atom stereocenters. The number of hydrogen-bond donors (Lipinski definition) is 0. The molecular weight excluding hydrogens is 225 g/mol. The average Bonchev–Trinajstić information content (AvgIpc) is 2.12. The molecule has 2 aromatic rings. The van der Waals surface area contributed by atoms with E-state index in [1.54, 1.807) is 19.3 Å². The lowest BCUT2D eigenvalue weighted by atomic mass is 10.3. The Hall–Kier alpha value is -1.13. The maximum Gasteiger partial charge on any atom is 0.251 e. The normalized spacial score (nSPS) is 8.93. The second-order valence-electron chi connectivity index (χ2n) is 2.53. The predicted molar refractivity (Wildman–Crippen MR) is 59.3 cm³/mol. The van der Waals surface area contributed by atoms with Crippen LogP contribution in [-0.2, 0) is 7.05 Å². The highest BCUT2D eigenvalue weighted by molar-refractivity contribution is 5.85. The van der Waals surface area contributed by atoms with Crippen molar-refractivity contribution in [3.05, 3.63) is 35.0 Å². The van der Waals surface area contributed by atoms with Crippen LogP contribution >= 0.6 is 24.8 Å². The predicted octanol–water partition coefficient (Wildman–Crippen LogP) is 1.17. The van der Waals surface area contributed by atoms with E-state index in [0.717, 1.165) is 5.39 Å². The summed E-state index contributed by atoms with van der Waals surface area (Å²) in [7, 11) is 1.69. The van der Waals surface area contributed by atoms with Crippen molar-refractivity contribution in [3.8, 4) is 0 Å². The highest BCUT2D eigenvalue weighted by Gasteiger charge is 1.97. The van der Waals surface area contributed by atoms with Gasteiger partial charge in [0.1, 0.15) is 12.0 Å². The molecule has 14 heavy (non-hydrogen) atoms. The lowest BCUT2D eigenvalue weighted by molar-refractivity contribution is 0.883. The van der Waals surface area contributed by atoms with Gasteiger partial charge in [-0.1, -0.05) is 0 Å². The molecule has 0 aromatic carbocycles. The highest BCUT2D eigenvalue weighted by Crippen LogP contribution is 2.03. The maximum absolute atomic E-state index is 11.1. The molecule has 0 aliphatic heterocycles. The van der Waals surface area contributed by atoms with Crippen molar-refractivity contribution >= 4 is 35.8 Å². The third-order valence-corrected chi connectivity index (χ3v) is 1.77. The van der Waals surface area contributed by atoms with Gasteiger partial charge in [0.05, 0.1) is 0 Å². The van der Waals surface area contributed by atoms with Crippen molar-refractivity contribution < 1.29 is 0 Å². The zero-order valence-electron chi connectivity index (χ0n) is 7.38. The smallest absolute Gasteiger partial charge is 0.251 e. The molecule has 0 radical (unpaired) electrons. The van der Waals surface area contributed by atoms with E-state index >= 15 is 0 Å². The Morgan fingerprint density at radius 3 is 2.71 bits per heavy atom. The Kier molecular flexibility index (Phi) is 4.53. The lowest BCUT2D eigenvalue weighted by Crippen LogP contribution is -2.15. The SMILES string of the molecule is Cl.Cl.Cn1c(=O)ccc2cncnc21. The quantitative estimate of drug-likeness (QED) is 0.687. The summed E-state index contributed by atoms with van der Waals surface area (Å²) in [6.45, 7) is 0. The van der Waals surface area contributed by atoms with Crippen molar-refractivity contribution in [1.29, 1.82) is 0 Å². The van der Waals surface area contributed by atoms with Crippen LogP contribution < -0.4 is 5.56 Å². The molecule has 0 atom stereocenters. The van der Waals surface area contributed by atoms with Crippen LogP contribution in [0.1, 0.15) is 0 Å². The van der Waals surface area contributed by atoms with E-state index in [9.17, 15) is 4.79 Å². The molecule has 0 aliphatic rings. The van der Waals surface area contributed by atoms with E-state index in [2.05, 4.69) is 9.97 Å². The van der Waals surface area contributed by atoms with Crippen molar-refractivity contribution in [2.75, 3.05) is 0 Å². The van der Waals surface area contributed by atoms with Crippen LogP contribution in [0.2, 0.25) is 0 Å². The van der Waals surface area contributed by atoms with E-state index in [4.69, 9.17) is 0 Å². The van der Waals surface area contributed by atoms with Crippen molar-refractivity contribution in [1.82, 2.24) is 14.5 Å². The minimum atomic E-state index is -0.0544. The van der Waals surface area contributed by atoms with E-state index in [0.29, 0.717) is 5.65 Å². The first-order valence-corrected chi connectivity index (χ1v) is 3.55. The molecular formula is C8H9Cl2N3O.